The van der Waals surface area contributed by atoms with Crippen LogP contribution in [-0.2, 0) is 4.79 Å². The van der Waals surface area contributed by atoms with E-state index >= 15 is 0 Å². The number of carbonyl (C=O) groups is 1. The third-order valence-electron chi connectivity index (χ3n) is 4.51. The second-order valence-electron chi connectivity index (χ2n) is 5.63. The lowest BCUT2D eigenvalue weighted by molar-refractivity contribution is -0.133. The highest BCUT2D eigenvalue weighted by Gasteiger charge is 2.55. The van der Waals surface area contributed by atoms with Crippen molar-refractivity contribution in [1.82, 2.24) is 4.98 Å². The van der Waals surface area contributed by atoms with Crippen molar-refractivity contribution in [3.8, 4) is 5.88 Å². The van der Waals surface area contributed by atoms with Gasteiger partial charge in [-0.05, 0) is 37.2 Å². The maximum Gasteiger partial charge on any atom is 0.235 e. The van der Waals surface area contributed by atoms with Gasteiger partial charge in [-0.2, -0.15) is 0 Å². The van der Waals surface area contributed by atoms with Gasteiger partial charge in [-0.1, -0.05) is 11.6 Å². The molecule has 0 radical (unpaired) electrons. The van der Waals surface area contributed by atoms with Gasteiger partial charge >= 0.3 is 0 Å². The predicted octanol–water partition coefficient (Wildman–Crippen LogP) is 1.90. The molecule has 1 unspecified atom stereocenters. The maximum absolute atomic E-state index is 12.1. The summed E-state index contributed by atoms with van der Waals surface area (Å²) in [6.45, 7) is 0. The van der Waals surface area contributed by atoms with Crippen LogP contribution in [0.4, 0.5) is 5.69 Å². The summed E-state index contributed by atoms with van der Waals surface area (Å²) in [5, 5.41) is 12.6. The number of nitrogens with zero attached hydrogens (tertiary/aromatic N) is 1. The number of pyridine rings is 1. The van der Waals surface area contributed by atoms with Crippen molar-refractivity contribution in [2.45, 2.75) is 31.7 Å². The number of nitrogens with two attached hydrogens (primary N) is 1. The molecule has 1 spiro atoms. The van der Waals surface area contributed by atoms with Gasteiger partial charge in [0.15, 0.2) is 0 Å². The number of halogens is 1. The van der Waals surface area contributed by atoms with Gasteiger partial charge in [0.05, 0.1) is 5.02 Å². The summed E-state index contributed by atoms with van der Waals surface area (Å²) < 4.78 is 0. The Morgan fingerprint density at radius 1 is 1.58 bits per heavy atom. The normalized spacial score (nSPS) is 32.5. The molecule has 1 heterocycles. The number of hydrogen-bond donors (Lipinski definition) is 3. The number of hydrogen-bond acceptors (Lipinski definition) is 4. The first-order chi connectivity index (χ1) is 9.00. The van der Waals surface area contributed by atoms with Crippen LogP contribution >= 0.6 is 11.6 Å². The molecular formula is C13H16ClN3O2. The lowest BCUT2D eigenvalue weighted by atomic mass is 9.49. The summed E-state index contributed by atoms with van der Waals surface area (Å²) in [6, 6.07) is 1.74. The van der Waals surface area contributed by atoms with E-state index < -0.39 is 0 Å². The summed E-state index contributed by atoms with van der Waals surface area (Å²) in [4.78, 5) is 15.8. The van der Waals surface area contributed by atoms with Gasteiger partial charge in [0.2, 0.25) is 11.8 Å². The highest BCUT2D eigenvalue weighted by atomic mass is 35.5. The Morgan fingerprint density at radius 2 is 2.32 bits per heavy atom. The molecule has 0 aliphatic heterocycles. The van der Waals surface area contributed by atoms with Crippen molar-refractivity contribution in [3.63, 3.8) is 0 Å². The highest BCUT2D eigenvalue weighted by molar-refractivity contribution is 6.30. The van der Waals surface area contributed by atoms with Crippen LogP contribution in [0.2, 0.25) is 5.02 Å². The largest absolute Gasteiger partial charge is 0.492 e. The van der Waals surface area contributed by atoms with E-state index in [-0.39, 0.29) is 34.8 Å². The zero-order valence-electron chi connectivity index (χ0n) is 10.4. The quantitative estimate of drug-likeness (QED) is 0.772. The molecule has 19 heavy (non-hydrogen) atoms. The number of carbonyl (C=O) groups excluding carboxylic acids is 1. The average molecular weight is 282 g/mol. The third kappa shape index (κ3) is 2.07. The van der Waals surface area contributed by atoms with Crippen LogP contribution in [0, 0.1) is 11.3 Å². The summed E-state index contributed by atoms with van der Waals surface area (Å²) in [6.07, 6.45) is 5.21. The molecule has 2 aliphatic carbocycles. The van der Waals surface area contributed by atoms with Crippen molar-refractivity contribution < 1.29 is 9.90 Å². The van der Waals surface area contributed by atoms with Gasteiger partial charge in [-0.15, -0.1) is 0 Å². The first-order valence-electron chi connectivity index (χ1n) is 6.41. The molecule has 3 rings (SSSR count). The summed E-state index contributed by atoms with van der Waals surface area (Å²) in [5.41, 5.74) is 6.44. The fourth-order valence-corrected chi connectivity index (χ4v) is 3.25. The van der Waals surface area contributed by atoms with Crippen molar-refractivity contribution in [3.05, 3.63) is 17.3 Å². The molecular weight excluding hydrogens is 266 g/mol. The van der Waals surface area contributed by atoms with E-state index in [1.54, 1.807) is 0 Å². The summed E-state index contributed by atoms with van der Waals surface area (Å²) in [5.74, 6) is -0.332. The molecule has 1 aromatic rings. The second kappa shape index (κ2) is 4.35. The summed E-state index contributed by atoms with van der Waals surface area (Å²) >= 11 is 5.78. The Hall–Kier alpha value is -1.33. The smallest absolute Gasteiger partial charge is 0.235 e. The van der Waals surface area contributed by atoms with E-state index in [1.807, 2.05) is 0 Å². The third-order valence-corrected chi connectivity index (χ3v) is 4.71. The molecule has 0 aromatic carbocycles. The van der Waals surface area contributed by atoms with Crippen molar-refractivity contribution >= 4 is 23.2 Å². The molecule has 6 heteroatoms. The zero-order valence-corrected chi connectivity index (χ0v) is 11.2. The Bertz CT molecular complexity index is 529. The van der Waals surface area contributed by atoms with Gasteiger partial charge in [0, 0.05) is 18.2 Å². The molecule has 0 bridgehead atoms. The number of aromatic hydroxyl groups is 1. The van der Waals surface area contributed by atoms with Crippen molar-refractivity contribution in [1.29, 1.82) is 0 Å². The lowest BCUT2D eigenvalue weighted by Gasteiger charge is -2.57. The topological polar surface area (TPSA) is 88.2 Å². The molecule has 0 saturated heterocycles. The molecule has 1 aromatic heterocycles. The standard InChI is InChI=1S/C13H16ClN3O2/c14-8-3-9(12(19)16-6-8)17-11(18)7-4-13(5-7)2-1-10(13)15/h3,6-7,10H,1-2,4-5,15H2,(H,16,19)(H,17,18). The van der Waals surface area contributed by atoms with E-state index in [4.69, 9.17) is 17.3 Å². The highest BCUT2D eigenvalue weighted by Crippen LogP contribution is 2.58. The Morgan fingerprint density at radius 3 is 2.89 bits per heavy atom. The molecule has 2 fully saturated rings. The Labute approximate surface area is 116 Å². The van der Waals surface area contributed by atoms with Crippen LogP contribution in [0.1, 0.15) is 25.7 Å². The lowest BCUT2D eigenvalue weighted by Crippen LogP contribution is -2.59. The van der Waals surface area contributed by atoms with Crippen LogP contribution in [0.3, 0.4) is 0 Å². The van der Waals surface area contributed by atoms with Gasteiger partial charge < -0.3 is 16.2 Å². The van der Waals surface area contributed by atoms with Gasteiger partial charge in [0.1, 0.15) is 5.69 Å². The molecule has 2 aliphatic rings. The Balaban J connectivity index is 1.62. The molecule has 1 atom stereocenters. The zero-order chi connectivity index (χ0) is 13.6. The van der Waals surface area contributed by atoms with Gasteiger partial charge in [0.25, 0.3) is 0 Å². The summed E-state index contributed by atoms with van der Waals surface area (Å²) in [7, 11) is 0. The number of aromatic nitrogens is 1. The van der Waals surface area contributed by atoms with E-state index in [1.165, 1.54) is 12.3 Å². The fraction of sp³-hybridized carbons (Fsp3) is 0.538. The minimum Gasteiger partial charge on any atom is -0.492 e. The van der Waals surface area contributed by atoms with E-state index in [9.17, 15) is 9.90 Å². The van der Waals surface area contributed by atoms with Gasteiger partial charge in [-0.3, -0.25) is 4.79 Å². The maximum atomic E-state index is 12.1. The van der Waals surface area contributed by atoms with Crippen LogP contribution in [0.25, 0.3) is 0 Å². The van der Waals surface area contributed by atoms with Crippen LogP contribution < -0.4 is 11.1 Å². The monoisotopic (exact) mass is 281 g/mol. The van der Waals surface area contributed by atoms with E-state index in [0.717, 1.165) is 25.7 Å². The van der Waals surface area contributed by atoms with Crippen molar-refractivity contribution in [2.24, 2.45) is 17.1 Å². The Kier molecular flexibility index (Phi) is 2.91. The van der Waals surface area contributed by atoms with Crippen molar-refractivity contribution in [2.75, 3.05) is 5.32 Å². The van der Waals surface area contributed by atoms with Crippen LogP contribution in [-0.4, -0.2) is 22.0 Å². The van der Waals surface area contributed by atoms with Gasteiger partial charge in [-0.25, -0.2) is 4.98 Å². The minimum atomic E-state index is -0.216. The first kappa shape index (κ1) is 12.7. The number of anilines is 1. The fourth-order valence-electron chi connectivity index (χ4n) is 3.09. The van der Waals surface area contributed by atoms with Crippen LogP contribution in [0.5, 0.6) is 5.88 Å². The second-order valence-corrected chi connectivity index (χ2v) is 6.06. The molecule has 5 nitrogen and oxygen atoms in total. The molecule has 102 valence electrons. The number of rotatable bonds is 2. The molecule has 2 saturated carbocycles. The van der Waals surface area contributed by atoms with E-state index in [0.29, 0.717) is 5.02 Å². The first-order valence-corrected chi connectivity index (χ1v) is 6.79. The van der Waals surface area contributed by atoms with Crippen LogP contribution in [0.15, 0.2) is 12.3 Å². The number of nitrogens with one attached hydrogen (secondary N) is 1. The average Bonchev–Trinajstić information content (AvgIpc) is 2.30. The number of amides is 1. The predicted molar refractivity (Wildman–Crippen MR) is 71.9 cm³/mol. The molecule has 4 N–H and O–H groups in total. The minimum absolute atomic E-state index is 0.0234. The SMILES string of the molecule is NC1CCC12CC(C(=O)Nc1cc(Cl)cnc1O)C2. The van der Waals surface area contributed by atoms with E-state index in [2.05, 4.69) is 10.3 Å². The molecule has 1 amide bonds.